The summed E-state index contributed by atoms with van der Waals surface area (Å²) in [4.78, 5) is 19.0. The van der Waals surface area contributed by atoms with E-state index in [-0.39, 0.29) is 16.8 Å². The van der Waals surface area contributed by atoms with E-state index in [1.807, 2.05) is 31.3 Å². The molecule has 0 radical (unpaired) electrons. The van der Waals surface area contributed by atoms with Crippen molar-refractivity contribution in [2.45, 2.75) is 24.4 Å². The number of carbonyl (C=O) groups is 1. The molecule has 5 rings (SSSR count). The fourth-order valence-corrected chi connectivity index (χ4v) is 4.62. The summed E-state index contributed by atoms with van der Waals surface area (Å²) in [6, 6.07) is 18.1. The summed E-state index contributed by atoms with van der Waals surface area (Å²) in [5.74, 6) is 0.730. The van der Waals surface area contributed by atoms with Crippen LogP contribution in [0.25, 0.3) is 11.1 Å². The lowest BCUT2D eigenvalue weighted by Crippen LogP contribution is -2.47. The highest BCUT2D eigenvalue weighted by Gasteiger charge is 2.27. The van der Waals surface area contributed by atoms with E-state index in [1.165, 1.54) is 6.07 Å². The first kappa shape index (κ1) is 23.5. The van der Waals surface area contributed by atoms with Crippen LogP contribution in [0.5, 0.6) is 0 Å². The van der Waals surface area contributed by atoms with E-state index in [9.17, 15) is 9.18 Å². The van der Waals surface area contributed by atoms with Crippen molar-refractivity contribution in [2.24, 2.45) is 11.1 Å². The Morgan fingerprint density at radius 3 is 2.52 bits per heavy atom. The second-order valence-electron chi connectivity index (χ2n) is 8.37. The van der Waals surface area contributed by atoms with E-state index in [0.29, 0.717) is 6.04 Å². The van der Waals surface area contributed by atoms with E-state index in [4.69, 9.17) is 16.7 Å². The summed E-state index contributed by atoms with van der Waals surface area (Å²) in [6.45, 7) is 3.75. The van der Waals surface area contributed by atoms with Crippen molar-refractivity contribution in [3.8, 4) is 11.1 Å². The quantitative estimate of drug-likeness (QED) is 0.405. The zero-order chi connectivity index (χ0) is 23.5. The Hall–Kier alpha value is -2.61. The molecule has 2 aliphatic rings. The minimum absolute atomic E-state index is 0.197. The standard InChI is InChI=1S/C16H14ClNO.C9H12FN3S/c17-16-4-2-1-3-15(16)13-5-7-14(8-6-13)18-9-12(10-18)11-19;1-5-3-6-4-7(10)9(14-11)12-8(6)13(5)2/h1-8,11-12H,9-10H2;4-5H,3,11H2,1-2H3. The summed E-state index contributed by atoms with van der Waals surface area (Å²) in [5.41, 5.74) is 4.29. The van der Waals surface area contributed by atoms with Crippen molar-refractivity contribution >= 4 is 41.3 Å². The molecule has 1 aromatic heterocycles. The molecular formula is C25H26ClFN4OS. The molecule has 0 spiro atoms. The SMILES string of the molecule is CC1Cc2cc(F)c(SN)nc2N1C.O=CC1CN(c2ccc(-c3ccccc3Cl)cc2)C1. The number of anilines is 2. The normalized spacial score (nSPS) is 17.2. The summed E-state index contributed by atoms with van der Waals surface area (Å²) >= 11 is 7.04. The van der Waals surface area contributed by atoms with Crippen molar-refractivity contribution < 1.29 is 9.18 Å². The van der Waals surface area contributed by atoms with Crippen LogP contribution in [0, 0.1) is 11.7 Å². The van der Waals surface area contributed by atoms with Crippen LogP contribution in [0.2, 0.25) is 5.02 Å². The van der Waals surface area contributed by atoms with Gasteiger partial charge in [0.25, 0.3) is 0 Å². The van der Waals surface area contributed by atoms with E-state index < -0.39 is 0 Å². The molecule has 1 saturated heterocycles. The molecule has 33 heavy (non-hydrogen) atoms. The Balaban J connectivity index is 0.000000165. The van der Waals surface area contributed by atoms with Gasteiger partial charge in [0.05, 0.1) is 0 Å². The van der Waals surface area contributed by atoms with Gasteiger partial charge >= 0.3 is 0 Å². The maximum absolute atomic E-state index is 13.3. The molecule has 0 aliphatic carbocycles. The predicted molar refractivity (Wildman–Crippen MR) is 134 cm³/mol. The number of fused-ring (bicyclic) bond motifs is 1. The monoisotopic (exact) mass is 484 g/mol. The molecule has 3 heterocycles. The molecule has 2 aromatic carbocycles. The van der Waals surface area contributed by atoms with Gasteiger partial charge in [-0.1, -0.05) is 41.9 Å². The number of carbonyl (C=O) groups excluding carboxylic acids is 1. The second kappa shape index (κ2) is 10.1. The minimum atomic E-state index is -0.321. The number of nitrogens with zero attached hydrogens (tertiary/aromatic N) is 3. The van der Waals surface area contributed by atoms with E-state index in [1.54, 1.807) is 0 Å². The minimum Gasteiger partial charge on any atom is -0.370 e. The van der Waals surface area contributed by atoms with Crippen LogP contribution >= 0.6 is 23.5 Å². The van der Waals surface area contributed by atoms with Crippen LogP contribution in [0.15, 0.2) is 59.6 Å². The number of aldehydes is 1. The summed E-state index contributed by atoms with van der Waals surface area (Å²) in [6.07, 6.45) is 1.89. The molecule has 1 atom stereocenters. The smallest absolute Gasteiger partial charge is 0.157 e. The highest BCUT2D eigenvalue weighted by Crippen LogP contribution is 2.32. The number of halogens is 2. The van der Waals surface area contributed by atoms with E-state index in [2.05, 4.69) is 46.0 Å². The third-order valence-corrected chi connectivity index (χ3v) is 6.98. The lowest BCUT2D eigenvalue weighted by atomic mass is 10.00. The van der Waals surface area contributed by atoms with Gasteiger partial charge in [-0.15, -0.1) is 0 Å². The maximum Gasteiger partial charge on any atom is 0.157 e. The van der Waals surface area contributed by atoms with Crippen LogP contribution in [-0.2, 0) is 11.2 Å². The van der Waals surface area contributed by atoms with Gasteiger partial charge in [0, 0.05) is 48.4 Å². The van der Waals surface area contributed by atoms with Crippen LogP contribution < -0.4 is 14.9 Å². The van der Waals surface area contributed by atoms with Crippen LogP contribution in [0.1, 0.15) is 12.5 Å². The Morgan fingerprint density at radius 2 is 1.88 bits per heavy atom. The topological polar surface area (TPSA) is 62.5 Å². The first-order valence-corrected chi connectivity index (χ1v) is 12.0. The first-order valence-electron chi connectivity index (χ1n) is 10.8. The van der Waals surface area contributed by atoms with Gasteiger partial charge < -0.3 is 14.6 Å². The van der Waals surface area contributed by atoms with Crippen LogP contribution in [-0.4, -0.2) is 37.4 Å². The highest BCUT2D eigenvalue weighted by molar-refractivity contribution is 7.97. The van der Waals surface area contributed by atoms with E-state index in [0.717, 1.165) is 71.0 Å². The highest BCUT2D eigenvalue weighted by atomic mass is 35.5. The molecule has 3 aromatic rings. The summed E-state index contributed by atoms with van der Waals surface area (Å²) < 4.78 is 13.3. The van der Waals surface area contributed by atoms with Crippen molar-refractivity contribution in [3.05, 3.63) is 71.0 Å². The molecule has 8 heteroatoms. The van der Waals surface area contributed by atoms with Crippen molar-refractivity contribution in [1.29, 1.82) is 0 Å². The Labute approximate surface area is 202 Å². The van der Waals surface area contributed by atoms with Gasteiger partial charge in [-0.2, -0.15) is 0 Å². The molecular weight excluding hydrogens is 459 g/mol. The van der Waals surface area contributed by atoms with Crippen molar-refractivity contribution in [2.75, 3.05) is 29.9 Å². The third-order valence-electron chi connectivity index (χ3n) is 6.14. The van der Waals surface area contributed by atoms with Gasteiger partial charge in [0.15, 0.2) is 5.82 Å². The number of pyridine rings is 1. The number of benzene rings is 2. The van der Waals surface area contributed by atoms with Crippen LogP contribution in [0.4, 0.5) is 15.9 Å². The first-order chi connectivity index (χ1) is 15.9. The van der Waals surface area contributed by atoms with Gasteiger partial charge in [-0.05, 0) is 60.7 Å². The molecule has 0 amide bonds. The number of rotatable bonds is 4. The Bertz CT molecular complexity index is 1140. The number of hydrogen-bond acceptors (Lipinski definition) is 6. The van der Waals surface area contributed by atoms with Crippen LogP contribution in [0.3, 0.4) is 0 Å². The van der Waals surface area contributed by atoms with Gasteiger partial charge in [-0.3, -0.25) is 5.14 Å². The average Bonchev–Trinajstić information content (AvgIpc) is 3.06. The van der Waals surface area contributed by atoms with E-state index >= 15 is 0 Å². The average molecular weight is 485 g/mol. The maximum atomic E-state index is 13.3. The summed E-state index contributed by atoms with van der Waals surface area (Å²) in [5, 5.41) is 6.35. The fourth-order valence-electron chi connectivity index (χ4n) is 4.06. The Morgan fingerprint density at radius 1 is 1.18 bits per heavy atom. The second-order valence-corrected chi connectivity index (χ2v) is 9.40. The molecule has 172 valence electrons. The molecule has 5 nitrogen and oxygen atoms in total. The fraction of sp³-hybridized carbons (Fsp3) is 0.280. The molecule has 1 unspecified atom stereocenters. The zero-order valence-electron chi connectivity index (χ0n) is 18.5. The summed E-state index contributed by atoms with van der Waals surface area (Å²) in [7, 11) is 1.96. The van der Waals surface area contributed by atoms with Crippen molar-refractivity contribution in [1.82, 2.24) is 4.98 Å². The predicted octanol–water partition coefficient (Wildman–Crippen LogP) is 5.21. The number of aromatic nitrogens is 1. The lowest BCUT2D eigenvalue weighted by Gasteiger charge is -2.38. The third kappa shape index (κ3) is 5.00. The molecule has 0 saturated carbocycles. The van der Waals surface area contributed by atoms with Gasteiger partial charge in [-0.25, -0.2) is 9.37 Å². The Kier molecular flexibility index (Phi) is 7.22. The van der Waals surface area contributed by atoms with Crippen molar-refractivity contribution in [3.63, 3.8) is 0 Å². The lowest BCUT2D eigenvalue weighted by molar-refractivity contribution is -0.111. The molecule has 2 aliphatic heterocycles. The number of hydrogen-bond donors (Lipinski definition) is 1. The van der Waals surface area contributed by atoms with Gasteiger partial charge in [0.2, 0.25) is 0 Å². The zero-order valence-corrected chi connectivity index (χ0v) is 20.1. The van der Waals surface area contributed by atoms with Gasteiger partial charge in [0.1, 0.15) is 17.1 Å². The molecule has 2 N–H and O–H groups in total. The molecule has 1 fully saturated rings. The largest absolute Gasteiger partial charge is 0.370 e. The number of likely N-dealkylation sites (N-methyl/N-ethyl adjacent to an activating group) is 1. The molecule has 0 bridgehead atoms. The number of nitrogens with two attached hydrogens (primary N) is 1.